The Hall–Kier alpha value is -1.62. The number of benzene rings is 1. The zero-order valence-corrected chi connectivity index (χ0v) is 9.99. The number of nitrogens with one attached hydrogen (secondary N) is 1. The second-order valence-corrected chi connectivity index (χ2v) is 4.40. The summed E-state index contributed by atoms with van der Waals surface area (Å²) in [6, 6.07) is 4.06. The van der Waals surface area contributed by atoms with Crippen molar-refractivity contribution < 1.29 is 19.0 Å². The van der Waals surface area contributed by atoms with Crippen LogP contribution in [0.25, 0.3) is 0 Å². The van der Waals surface area contributed by atoms with E-state index in [0.717, 1.165) is 26.1 Å². The zero-order valence-electron chi connectivity index (χ0n) is 9.99. The van der Waals surface area contributed by atoms with Gasteiger partial charge < -0.3 is 15.2 Å². The average molecular weight is 253 g/mol. The number of para-hydroxylation sites is 1. The summed E-state index contributed by atoms with van der Waals surface area (Å²) < 4.78 is 18.9. The van der Waals surface area contributed by atoms with E-state index >= 15 is 0 Å². The van der Waals surface area contributed by atoms with Gasteiger partial charge in [0.15, 0.2) is 0 Å². The first-order valence-corrected chi connectivity index (χ1v) is 6.02. The molecule has 2 N–H and O–H groups in total. The van der Waals surface area contributed by atoms with Crippen LogP contribution < -0.4 is 5.32 Å². The maximum Gasteiger partial charge on any atom is 0.337 e. The summed E-state index contributed by atoms with van der Waals surface area (Å²) in [5.74, 6) is -1.24. The molecule has 0 aliphatic carbocycles. The zero-order chi connectivity index (χ0) is 13.0. The maximum atomic E-state index is 13.6. The van der Waals surface area contributed by atoms with Crippen molar-refractivity contribution >= 4 is 11.7 Å². The Labute approximate surface area is 105 Å². The number of carboxylic acids is 1. The van der Waals surface area contributed by atoms with E-state index in [4.69, 9.17) is 9.84 Å². The van der Waals surface area contributed by atoms with Gasteiger partial charge in [-0.15, -0.1) is 0 Å². The first-order chi connectivity index (χ1) is 8.68. The summed E-state index contributed by atoms with van der Waals surface area (Å²) >= 11 is 0. The number of hydrogen-bond donors (Lipinski definition) is 2. The summed E-state index contributed by atoms with van der Waals surface area (Å²) in [4.78, 5) is 11.0. The molecule has 1 heterocycles. The van der Waals surface area contributed by atoms with Crippen molar-refractivity contribution in [2.24, 2.45) is 5.92 Å². The lowest BCUT2D eigenvalue weighted by Gasteiger charge is -2.23. The molecule has 0 atom stereocenters. The molecule has 1 aromatic rings. The molecular formula is C13H16FNO3. The molecule has 0 aromatic heterocycles. The molecule has 1 saturated heterocycles. The second-order valence-electron chi connectivity index (χ2n) is 4.40. The van der Waals surface area contributed by atoms with E-state index in [-0.39, 0.29) is 11.3 Å². The van der Waals surface area contributed by atoms with Gasteiger partial charge in [0.25, 0.3) is 0 Å². The first-order valence-electron chi connectivity index (χ1n) is 6.02. The van der Waals surface area contributed by atoms with E-state index < -0.39 is 11.8 Å². The van der Waals surface area contributed by atoms with Crippen LogP contribution >= 0.6 is 0 Å². The highest BCUT2D eigenvalue weighted by molar-refractivity contribution is 5.94. The van der Waals surface area contributed by atoms with Crippen LogP contribution in [0.2, 0.25) is 0 Å². The number of halogens is 1. The molecule has 1 aliphatic rings. The molecule has 5 heteroatoms. The van der Waals surface area contributed by atoms with E-state index in [1.165, 1.54) is 18.2 Å². The number of hydrogen-bond acceptors (Lipinski definition) is 3. The molecule has 18 heavy (non-hydrogen) atoms. The topological polar surface area (TPSA) is 58.6 Å². The molecule has 0 spiro atoms. The third-order valence-electron chi connectivity index (χ3n) is 3.15. The van der Waals surface area contributed by atoms with Gasteiger partial charge in [-0.3, -0.25) is 0 Å². The molecule has 4 nitrogen and oxygen atoms in total. The van der Waals surface area contributed by atoms with Crippen molar-refractivity contribution in [1.29, 1.82) is 0 Å². The highest BCUT2D eigenvalue weighted by Gasteiger charge is 2.17. The summed E-state index contributed by atoms with van der Waals surface area (Å²) in [7, 11) is 0. The minimum Gasteiger partial charge on any atom is -0.478 e. The normalized spacial score (nSPS) is 16.5. The van der Waals surface area contributed by atoms with Gasteiger partial charge in [0.05, 0.1) is 11.3 Å². The van der Waals surface area contributed by atoms with Crippen LogP contribution in [-0.2, 0) is 4.74 Å². The number of rotatable bonds is 4. The van der Waals surface area contributed by atoms with Crippen LogP contribution in [-0.4, -0.2) is 30.8 Å². The van der Waals surface area contributed by atoms with Crippen molar-refractivity contribution in [2.75, 3.05) is 25.1 Å². The van der Waals surface area contributed by atoms with E-state index in [1.54, 1.807) is 0 Å². The predicted molar refractivity (Wildman–Crippen MR) is 65.4 cm³/mol. The fourth-order valence-electron chi connectivity index (χ4n) is 2.08. The monoisotopic (exact) mass is 253 g/mol. The highest BCUT2D eigenvalue weighted by Crippen LogP contribution is 2.22. The first kappa shape index (κ1) is 12.8. The molecule has 1 fully saturated rings. The Morgan fingerprint density at radius 3 is 2.83 bits per heavy atom. The van der Waals surface area contributed by atoms with E-state index in [2.05, 4.69) is 5.32 Å². The molecule has 2 rings (SSSR count). The quantitative estimate of drug-likeness (QED) is 0.864. The molecule has 1 aromatic carbocycles. The molecule has 0 amide bonds. The Balaban J connectivity index is 2.05. The number of carboxylic acid groups (broad SMARTS) is 1. The number of ether oxygens (including phenoxy) is 1. The van der Waals surface area contributed by atoms with Gasteiger partial charge in [0, 0.05) is 19.8 Å². The smallest absolute Gasteiger partial charge is 0.337 e. The summed E-state index contributed by atoms with van der Waals surface area (Å²) in [6.45, 7) is 2.01. The van der Waals surface area contributed by atoms with Gasteiger partial charge in [0.2, 0.25) is 0 Å². The third-order valence-corrected chi connectivity index (χ3v) is 3.15. The van der Waals surface area contributed by atoms with Crippen LogP contribution in [0.15, 0.2) is 18.2 Å². The SMILES string of the molecule is O=C(O)c1cccc(F)c1NCC1CCOCC1. The van der Waals surface area contributed by atoms with Crippen molar-refractivity contribution in [3.63, 3.8) is 0 Å². The lowest BCUT2D eigenvalue weighted by molar-refractivity contribution is 0.0688. The van der Waals surface area contributed by atoms with Crippen LogP contribution in [0.3, 0.4) is 0 Å². The molecule has 0 bridgehead atoms. The second kappa shape index (κ2) is 5.82. The van der Waals surface area contributed by atoms with Crippen molar-refractivity contribution in [3.8, 4) is 0 Å². The Kier molecular flexibility index (Phi) is 4.15. The van der Waals surface area contributed by atoms with Gasteiger partial charge in [0.1, 0.15) is 5.82 Å². The number of aromatic carboxylic acids is 1. The van der Waals surface area contributed by atoms with E-state index in [0.29, 0.717) is 12.5 Å². The Morgan fingerprint density at radius 1 is 1.44 bits per heavy atom. The molecular weight excluding hydrogens is 237 g/mol. The summed E-state index contributed by atoms with van der Waals surface area (Å²) in [5.41, 5.74) is 0.0542. The van der Waals surface area contributed by atoms with E-state index in [9.17, 15) is 9.18 Å². The summed E-state index contributed by atoms with van der Waals surface area (Å²) in [6.07, 6.45) is 1.84. The Bertz CT molecular complexity index is 430. The van der Waals surface area contributed by atoms with Crippen LogP contribution in [0.5, 0.6) is 0 Å². The van der Waals surface area contributed by atoms with Gasteiger partial charge in [-0.25, -0.2) is 9.18 Å². The van der Waals surface area contributed by atoms with Crippen molar-refractivity contribution in [2.45, 2.75) is 12.8 Å². The lowest BCUT2D eigenvalue weighted by atomic mass is 10.00. The third kappa shape index (κ3) is 2.98. The van der Waals surface area contributed by atoms with Crippen LogP contribution in [0.1, 0.15) is 23.2 Å². The van der Waals surface area contributed by atoms with Gasteiger partial charge in [-0.1, -0.05) is 6.07 Å². The standard InChI is InChI=1S/C13H16FNO3/c14-11-3-1-2-10(13(16)17)12(11)15-8-9-4-6-18-7-5-9/h1-3,9,15H,4-8H2,(H,16,17). The largest absolute Gasteiger partial charge is 0.478 e. The molecule has 1 aliphatic heterocycles. The number of carbonyl (C=O) groups is 1. The number of anilines is 1. The van der Waals surface area contributed by atoms with Gasteiger partial charge >= 0.3 is 5.97 Å². The fraction of sp³-hybridized carbons (Fsp3) is 0.462. The highest BCUT2D eigenvalue weighted by atomic mass is 19.1. The van der Waals surface area contributed by atoms with Gasteiger partial charge in [-0.2, -0.15) is 0 Å². The molecule has 0 unspecified atom stereocenters. The van der Waals surface area contributed by atoms with Crippen LogP contribution in [0.4, 0.5) is 10.1 Å². The van der Waals surface area contributed by atoms with Crippen LogP contribution in [0, 0.1) is 11.7 Å². The summed E-state index contributed by atoms with van der Waals surface area (Å²) in [5, 5.41) is 11.9. The average Bonchev–Trinajstić information content (AvgIpc) is 2.38. The minimum absolute atomic E-state index is 0.0259. The Morgan fingerprint density at radius 2 is 2.17 bits per heavy atom. The molecule has 0 saturated carbocycles. The van der Waals surface area contributed by atoms with Crippen molar-refractivity contribution in [1.82, 2.24) is 0 Å². The predicted octanol–water partition coefficient (Wildman–Crippen LogP) is 2.36. The fourth-order valence-corrected chi connectivity index (χ4v) is 2.08. The molecule has 98 valence electrons. The minimum atomic E-state index is -1.12. The van der Waals surface area contributed by atoms with Crippen molar-refractivity contribution in [3.05, 3.63) is 29.6 Å². The molecule has 0 radical (unpaired) electrons. The maximum absolute atomic E-state index is 13.6. The lowest BCUT2D eigenvalue weighted by Crippen LogP contribution is -2.23. The van der Waals surface area contributed by atoms with Gasteiger partial charge in [-0.05, 0) is 30.9 Å². The van der Waals surface area contributed by atoms with E-state index in [1.807, 2.05) is 0 Å².